The molecule has 3 rings (SSSR count). The predicted octanol–water partition coefficient (Wildman–Crippen LogP) is 3.27. The van der Waals surface area contributed by atoms with Gasteiger partial charge in [-0.1, -0.05) is 17.7 Å². The van der Waals surface area contributed by atoms with E-state index in [9.17, 15) is 0 Å². The van der Waals surface area contributed by atoms with Crippen LogP contribution in [0.25, 0.3) is 0 Å². The summed E-state index contributed by atoms with van der Waals surface area (Å²) in [6, 6.07) is 8.00. The molecule has 104 valence electrons. The summed E-state index contributed by atoms with van der Waals surface area (Å²) < 4.78 is 5.70. The van der Waals surface area contributed by atoms with Crippen LogP contribution in [0.2, 0.25) is 5.02 Å². The Labute approximate surface area is 123 Å². The molecule has 1 aromatic carbocycles. The Morgan fingerprint density at radius 2 is 2.25 bits per heavy atom. The lowest BCUT2D eigenvalue weighted by molar-refractivity contribution is 0.352. The van der Waals surface area contributed by atoms with Gasteiger partial charge in [0.15, 0.2) is 0 Å². The molecule has 2 heterocycles. The summed E-state index contributed by atoms with van der Waals surface area (Å²) in [5.74, 6) is 1.000. The number of nitrogens with one attached hydrogen (secondary N) is 1. The van der Waals surface area contributed by atoms with Crippen LogP contribution >= 0.6 is 11.6 Å². The molecule has 1 aliphatic heterocycles. The van der Waals surface area contributed by atoms with Gasteiger partial charge in [0.2, 0.25) is 0 Å². The summed E-state index contributed by atoms with van der Waals surface area (Å²) in [5, 5.41) is 4.19. The lowest BCUT2D eigenvalue weighted by Crippen LogP contribution is -2.15. The molecule has 0 unspecified atom stereocenters. The van der Waals surface area contributed by atoms with Crippen molar-refractivity contribution < 1.29 is 4.74 Å². The molecule has 1 aliphatic rings. The second kappa shape index (κ2) is 5.81. The van der Waals surface area contributed by atoms with E-state index in [0.29, 0.717) is 0 Å². The SMILES string of the molecule is Cc1cccnc1CNCc1cc(Cl)cc2c1OCC2. The smallest absolute Gasteiger partial charge is 0.127 e. The fraction of sp³-hybridized carbons (Fsp3) is 0.312. The fourth-order valence-corrected chi connectivity index (χ4v) is 2.76. The maximum absolute atomic E-state index is 6.15. The van der Waals surface area contributed by atoms with Crippen molar-refractivity contribution in [2.24, 2.45) is 0 Å². The highest BCUT2D eigenvalue weighted by atomic mass is 35.5. The van der Waals surface area contributed by atoms with Crippen molar-refractivity contribution in [2.75, 3.05) is 6.61 Å². The van der Waals surface area contributed by atoms with Crippen LogP contribution in [0.3, 0.4) is 0 Å². The number of hydrogen-bond donors (Lipinski definition) is 1. The fourth-order valence-electron chi connectivity index (χ4n) is 2.50. The number of aromatic nitrogens is 1. The number of fused-ring (bicyclic) bond motifs is 1. The van der Waals surface area contributed by atoms with Gasteiger partial charge in [0.1, 0.15) is 5.75 Å². The first kappa shape index (κ1) is 13.4. The lowest BCUT2D eigenvalue weighted by atomic mass is 10.1. The normalized spacial score (nSPS) is 13.1. The summed E-state index contributed by atoms with van der Waals surface area (Å²) in [6.07, 6.45) is 2.77. The van der Waals surface area contributed by atoms with E-state index in [1.54, 1.807) is 0 Å². The first-order valence-electron chi connectivity index (χ1n) is 6.79. The third kappa shape index (κ3) is 2.79. The average molecular weight is 289 g/mol. The Kier molecular flexibility index (Phi) is 3.90. The summed E-state index contributed by atoms with van der Waals surface area (Å²) in [5.41, 5.74) is 4.61. The molecular formula is C16H17ClN2O. The molecule has 1 aromatic heterocycles. The molecule has 0 atom stereocenters. The lowest BCUT2D eigenvalue weighted by Gasteiger charge is -2.11. The first-order valence-corrected chi connectivity index (χ1v) is 7.17. The minimum Gasteiger partial charge on any atom is -0.493 e. The van der Waals surface area contributed by atoms with E-state index in [1.807, 2.05) is 24.4 Å². The largest absolute Gasteiger partial charge is 0.493 e. The second-order valence-corrected chi connectivity index (χ2v) is 5.46. The number of pyridine rings is 1. The Bertz CT molecular complexity index is 628. The van der Waals surface area contributed by atoms with E-state index in [2.05, 4.69) is 23.3 Å². The van der Waals surface area contributed by atoms with Gasteiger partial charge in [0.25, 0.3) is 0 Å². The molecule has 0 spiro atoms. The van der Waals surface area contributed by atoms with Gasteiger partial charge in [0, 0.05) is 36.3 Å². The van der Waals surface area contributed by atoms with Gasteiger partial charge >= 0.3 is 0 Å². The van der Waals surface area contributed by atoms with Crippen LogP contribution in [-0.4, -0.2) is 11.6 Å². The Morgan fingerprint density at radius 3 is 3.10 bits per heavy atom. The zero-order valence-corrected chi connectivity index (χ0v) is 12.2. The van der Waals surface area contributed by atoms with Crippen molar-refractivity contribution in [3.63, 3.8) is 0 Å². The minimum absolute atomic E-state index is 0.735. The van der Waals surface area contributed by atoms with Crippen LogP contribution in [0.5, 0.6) is 5.75 Å². The van der Waals surface area contributed by atoms with Gasteiger partial charge in [-0.3, -0.25) is 4.98 Å². The van der Waals surface area contributed by atoms with E-state index in [4.69, 9.17) is 16.3 Å². The van der Waals surface area contributed by atoms with Gasteiger partial charge in [-0.25, -0.2) is 0 Å². The maximum atomic E-state index is 6.15. The van der Waals surface area contributed by atoms with Crippen LogP contribution in [0.4, 0.5) is 0 Å². The molecule has 4 heteroatoms. The van der Waals surface area contributed by atoms with Crippen LogP contribution in [-0.2, 0) is 19.5 Å². The van der Waals surface area contributed by atoms with Gasteiger partial charge in [-0.2, -0.15) is 0 Å². The first-order chi connectivity index (χ1) is 9.74. The number of ether oxygens (including phenoxy) is 1. The van der Waals surface area contributed by atoms with Crippen molar-refractivity contribution >= 4 is 11.6 Å². The third-order valence-corrected chi connectivity index (χ3v) is 3.77. The van der Waals surface area contributed by atoms with Gasteiger partial charge in [-0.15, -0.1) is 0 Å². The standard InChI is InChI=1S/C16H17ClN2O/c1-11-3-2-5-19-15(11)10-18-9-13-8-14(17)7-12-4-6-20-16(12)13/h2-3,5,7-8,18H,4,6,9-10H2,1H3. The highest BCUT2D eigenvalue weighted by molar-refractivity contribution is 6.30. The quantitative estimate of drug-likeness (QED) is 0.937. The van der Waals surface area contributed by atoms with E-state index < -0.39 is 0 Å². The van der Waals surface area contributed by atoms with Crippen molar-refractivity contribution in [1.29, 1.82) is 0 Å². The summed E-state index contributed by atoms with van der Waals surface area (Å²) in [6.45, 7) is 4.30. The van der Waals surface area contributed by atoms with Crippen LogP contribution in [0.1, 0.15) is 22.4 Å². The van der Waals surface area contributed by atoms with Gasteiger partial charge < -0.3 is 10.1 Å². The molecule has 0 saturated heterocycles. The number of nitrogens with zero attached hydrogens (tertiary/aromatic N) is 1. The molecule has 2 aromatic rings. The van der Waals surface area contributed by atoms with Crippen molar-refractivity contribution in [3.05, 3.63) is 57.9 Å². The molecule has 20 heavy (non-hydrogen) atoms. The zero-order chi connectivity index (χ0) is 13.9. The molecule has 1 N–H and O–H groups in total. The highest BCUT2D eigenvalue weighted by Crippen LogP contribution is 2.32. The second-order valence-electron chi connectivity index (χ2n) is 5.02. The van der Waals surface area contributed by atoms with E-state index in [1.165, 1.54) is 11.1 Å². The van der Waals surface area contributed by atoms with Crippen LogP contribution in [0.15, 0.2) is 30.5 Å². The third-order valence-electron chi connectivity index (χ3n) is 3.55. The molecule has 0 fully saturated rings. The molecule has 0 bridgehead atoms. The monoisotopic (exact) mass is 288 g/mol. The number of rotatable bonds is 4. The Morgan fingerprint density at radius 1 is 1.35 bits per heavy atom. The topological polar surface area (TPSA) is 34.2 Å². The minimum atomic E-state index is 0.735. The highest BCUT2D eigenvalue weighted by Gasteiger charge is 2.17. The van der Waals surface area contributed by atoms with Gasteiger partial charge in [-0.05, 0) is 36.2 Å². The number of benzene rings is 1. The summed E-state index contributed by atoms with van der Waals surface area (Å²) in [7, 11) is 0. The molecule has 0 radical (unpaired) electrons. The number of halogens is 1. The van der Waals surface area contributed by atoms with E-state index >= 15 is 0 Å². The Balaban J connectivity index is 1.69. The molecule has 0 saturated carbocycles. The molecular weight excluding hydrogens is 272 g/mol. The van der Waals surface area contributed by atoms with Crippen molar-refractivity contribution in [2.45, 2.75) is 26.4 Å². The van der Waals surface area contributed by atoms with Gasteiger partial charge in [0.05, 0.1) is 12.3 Å². The van der Waals surface area contributed by atoms with Crippen LogP contribution in [0, 0.1) is 6.92 Å². The summed E-state index contributed by atoms with van der Waals surface area (Å²) in [4.78, 5) is 4.38. The number of aryl methyl sites for hydroxylation is 1. The van der Waals surface area contributed by atoms with E-state index in [0.717, 1.165) is 48.1 Å². The molecule has 0 aliphatic carbocycles. The summed E-state index contributed by atoms with van der Waals surface area (Å²) >= 11 is 6.15. The van der Waals surface area contributed by atoms with E-state index in [-0.39, 0.29) is 0 Å². The van der Waals surface area contributed by atoms with Crippen molar-refractivity contribution in [1.82, 2.24) is 10.3 Å². The average Bonchev–Trinajstić information content (AvgIpc) is 2.89. The molecule has 3 nitrogen and oxygen atoms in total. The maximum Gasteiger partial charge on any atom is 0.127 e. The zero-order valence-electron chi connectivity index (χ0n) is 11.4. The molecule has 0 amide bonds. The predicted molar refractivity (Wildman–Crippen MR) is 80.2 cm³/mol. The van der Waals surface area contributed by atoms with Crippen molar-refractivity contribution in [3.8, 4) is 5.75 Å². The Hall–Kier alpha value is -1.58. The van der Waals surface area contributed by atoms with Crippen LogP contribution < -0.4 is 10.1 Å². The number of hydrogen-bond acceptors (Lipinski definition) is 3.